The van der Waals surface area contributed by atoms with Crippen LogP contribution in [0.5, 0.6) is 0 Å². The van der Waals surface area contributed by atoms with Crippen LogP contribution in [-0.2, 0) is 16.1 Å². The predicted molar refractivity (Wildman–Crippen MR) is 91.0 cm³/mol. The first kappa shape index (κ1) is 18.9. The molecule has 1 aromatic carbocycles. The third kappa shape index (κ3) is 3.29. The number of hydrogen-bond donors (Lipinski definition) is 2. The minimum absolute atomic E-state index is 0. The van der Waals surface area contributed by atoms with Gasteiger partial charge in [-0.05, 0) is 19.4 Å². The summed E-state index contributed by atoms with van der Waals surface area (Å²) in [4.78, 5) is 12.5. The van der Waals surface area contributed by atoms with E-state index in [2.05, 4.69) is 11.4 Å². The summed E-state index contributed by atoms with van der Waals surface area (Å²) in [5, 5.41) is 2.97. The minimum atomic E-state index is -0.851. The number of aryl methyl sites for hydroxylation is 1. The molecule has 1 aromatic rings. The summed E-state index contributed by atoms with van der Waals surface area (Å²) in [6, 6.07) is 8.11. The molecule has 22 heavy (non-hydrogen) atoms. The highest BCUT2D eigenvalue weighted by molar-refractivity contribution is 5.88. The Balaban J connectivity index is 0.00000242. The van der Waals surface area contributed by atoms with Crippen LogP contribution in [0.3, 0.4) is 0 Å². The lowest BCUT2D eigenvalue weighted by Crippen LogP contribution is -2.75. The van der Waals surface area contributed by atoms with Crippen LogP contribution < -0.4 is 11.1 Å². The summed E-state index contributed by atoms with van der Waals surface area (Å²) in [5.74, 6) is -0.0926. The van der Waals surface area contributed by atoms with Crippen LogP contribution in [0.4, 0.5) is 0 Å². The normalized spacial score (nSPS) is 25.8. The molecule has 4 nitrogen and oxygen atoms in total. The van der Waals surface area contributed by atoms with Gasteiger partial charge in [-0.15, -0.1) is 12.4 Å². The SMILES string of the molecule is CCOC1CC(N)(C(=O)NCc2cccc(C)c2)C1(C)C.Cl. The van der Waals surface area contributed by atoms with Gasteiger partial charge < -0.3 is 15.8 Å². The van der Waals surface area contributed by atoms with E-state index in [1.807, 2.05) is 45.9 Å². The summed E-state index contributed by atoms with van der Waals surface area (Å²) in [6.07, 6.45) is 0.630. The number of rotatable bonds is 5. The highest BCUT2D eigenvalue weighted by atomic mass is 35.5. The second-order valence-electron chi connectivity index (χ2n) is 6.51. The van der Waals surface area contributed by atoms with E-state index in [0.717, 1.165) is 5.56 Å². The number of carbonyl (C=O) groups is 1. The quantitative estimate of drug-likeness (QED) is 0.874. The van der Waals surface area contributed by atoms with Gasteiger partial charge in [0, 0.05) is 25.0 Å². The molecule has 2 unspecified atom stereocenters. The average molecular weight is 327 g/mol. The molecule has 0 aromatic heterocycles. The topological polar surface area (TPSA) is 64.3 Å². The second-order valence-corrected chi connectivity index (χ2v) is 6.51. The molecular weight excluding hydrogens is 300 g/mol. The van der Waals surface area contributed by atoms with Crippen molar-refractivity contribution in [3.05, 3.63) is 35.4 Å². The number of benzene rings is 1. The maximum Gasteiger partial charge on any atom is 0.241 e. The molecule has 0 aliphatic heterocycles. The average Bonchev–Trinajstić information content (AvgIpc) is 2.44. The molecule has 1 saturated carbocycles. The highest BCUT2D eigenvalue weighted by Gasteiger charge is 2.62. The van der Waals surface area contributed by atoms with E-state index >= 15 is 0 Å². The van der Waals surface area contributed by atoms with Crippen molar-refractivity contribution in [3.8, 4) is 0 Å². The summed E-state index contributed by atoms with van der Waals surface area (Å²) in [5.41, 5.74) is 7.42. The van der Waals surface area contributed by atoms with Crippen LogP contribution in [0, 0.1) is 12.3 Å². The second kappa shape index (κ2) is 6.99. The molecule has 1 aliphatic rings. The Morgan fingerprint density at radius 1 is 1.45 bits per heavy atom. The summed E-state index contributed by atoms with van der Waals surface area (Å²) >= 11 is 0. The first-order valence-electron chi connectivity index (χ1n) is 7.55. The number of ether oxygens (including phenoxy) is 1. The van der Waals surface area contributed by atoms with Crippen molar-refractivity contribution in [2.24, 2.45) is 11.1 Å². The third-order valence-corrected chi connectivity index (χ3v) is 4.77. The van der Waals surface area contributed by atoms with Gasteiger partial charge in [0.2, 0.25) is 5.91 Å². The van der Waals surface area contributed by atoms with Gasteiger partial charge in [0.15, 0.2) is 0 Å². The Labute approximate surface area is 139 Å². The van der Waals surface area contributed by atoms with E-state index in [1.165, 1.54) is 5.56 Å². The zero-order chi connectivity index (χ0) is 15.7. The largest absolute Gasteiger partial charge is 0.378 e. The molecule has 5 heteroatoms. The fraction of sp³-hybridized carbons (Fsp3) is 0.588. The Morgan fingerprint density at radius 3 is 2.68 bits per heavy atom. The first-order valence-corrected chi connectivity index (χ1v) is 7.55. The van der Waals surface area contributed by atoms with Crippen molar-refractivity contribution < 1.29 is 9.53 Å². The lowest BCUT2D eigenvalue weighted by atomic mass is 9.54. The van der Waals surface area contributed by atoms with Gasteiger partial charge in [0.25, 0.3) is 0 Å². The number of nitrogens with one attached hydrogen (secondary N) is 1. The van der Waals surface area contributed by atoms with Crippen molar-refractivity contribution in [3.63, 3.8) is 0 Å². The van der Waals surface area contributed by atoms with Crippen LogP contribution in [-0.4, -0.2) is 24.2 Å². The monoisotopic (exact) mass is 326 g/mol. The zero-order valence-corrected chi connectivity index (χ0v) is 14.6. The predicted octanol–water partition coefficient (Wildman–Crippen LogP) is 2.57. The molecule has 0 saturated heterocycles. The maximum absolute atomic E-state index is 12.5. The summed E-state index contributed by atoms with van der Waals surface area (Å²) < 4.78 is 5.66. The molecule has 1 amide bonds. The number of carbonyl (C=O) groups excluding carboxylic acids is 1. The maximum atomic E-state index is 12.5. The number of nitrogens with two attached hydrogens (primary N) is 1. The lowest BCUT2D eigenvalue weighted by molar-refractivity contribution is -0.170. The van der Waals surface area contributed by atoms with Crippen molar-refractivity contribution in [1.29, 1.82) is 0 Å². The molecule has 0 bridgehead atoms. The van der Waals surface area contributed by atoms with Crippen LogP contribution >= 0.6 is 12.4 Å². The Kier molecular flexibility index (Phi) is 6.02. The van der Waals surface area contributed by atoms with Crippen LogP contribution in [0.1, 0.15) is 38.3 Å². The lowest BCUT2D eigenvalue weighted by Gasteiger charge is -2.57. The van der Waals surface area contributed by atoms with Crippen LogP contribution in [0.15, 0.2) is 24.3 Å². The van der Waals surface area contributed by atoms with Gasteiger partial charge in [0.1, 0.15) is 5.54 Å². The zero-order valence-electron chi connectivity index (χ0n) is 13.8. The van der Waals surface area contributed by atoms with Crippen molar-refractivity contribution in [1.82, 2.24) is 5.32 Å². The van der Waals surface area contributed by atoms with E-state index in [0.29, 0.717) is 19.6 Å². The molecule has 1 fully saturated rings. The van der Waals surface area contributed by atoms with Gasteiger partial charge in [-0.3, -0.25) is 4.79 Å². The van der Waals surface area contributed by atoms with Gasteiger partial charge in [0.05, 0.1) is 6.10 Å². The fourth-order valence-corrected chi connectivity index (χ4v) is 2.98. The van der Waals surface area contributed by atoms with Gasteiger partial charge >= 0.3 is 0 Å². The van der Waals surface area contributed by atoms with E-state index < -0.39 is 5.54 Å². The summed E-state index contributed by atoms with van der Waals surface area (Å²) in [7, 11) is 0. The Hall–Kier alpha value is -1.10. The smallest absolute Gasteiger partial charge is 0.241 e. The Morgan fingerprint density at radius 2 is 2.14 bits per heavy atom. The van der Waals surface area contributed by atoms with Crippen molar-refractivity contribution >= 4 is 18.3 Å². The molecule has 124 valence electrons. The molecule has 2 rings (SSSR count). The first-order chi connectivity index (χ1) is 9.81. The van der Waals surface area contributed by atoms with Crippen LogP contribution in [0.25, 0.3) is 0 Å². The van der Waals surface area contributed by atoms with Crippen molar-refractivity contribution in [2.75, 3.05) is 6.61 Å². The molecule has 0 heterocycles. The molecule has 0 spiro atoms. The molecule has 2 atom stereocenters. The third-order valence-electron chi connectivity index (χ3n) is 4.77. The number of halogens is 1. The fourth-order valence-electron chi connectivity index (χ4n) is 2.98. The standard InChI is InChI=1S/C17H26N2O2.ClH/c1-5-21-14-10-17(18,16(14,3)4)15(20)19-11-13-8-6-7-12(2)9-13;/h6-9,14H,5,10-11,18H2,1-4H3,(H,19,20);1H. The van der Waals surface area contributed by atoms with E-state index in [4.69, 9.17) is 10.5 Å². The van der Waals surface area contributed by atoms with Gasteiger partial charge in [-0.25, -0.2) is 0 Å². The van der Waals surface area contributed by atoms with E-state index in [-0.39, 0.29) is 29.8 Å². The highest BCUT2D eigenvalue weighted by Crippen LogP contribution is 2.49. The van der Waals surface area contributed by atoms with Crippen molar-refractivity contribution in [2.45, 2.75) is 52.3 Å². The van der Waals surface area contributed by atoms with Crippen LogP contribution in [0.2, 0.25) is 0 Å². The number of amides is 1. The molecule has 1 aliphatic carbocycles. The molecule has 0 radical (unpaired) electrons. The Bertz CT molecular complexity index is 533. The van der Waals surface area contributed by atoms with Gasteiger partial charge in [-0.1, -0.05) is 43.7 Å². The van der Waals surface area contributed by atoms with E-state index in [1.54, 1.807) is 0 Å². The molecular formula is C17H27ClN2O2. The van der Waals surface area contributed by atoms with Gasteiger partial charge in [-0.2, -0.15) is 0 Å². The summed E-state index contributed by atoms with van der Waals surface area (Å²) in [6.45, 7) is 9.16. The number of hydrogen-bond acceptors (Lipinski definition) is 3. The molecule has 3 N–H and O–H groups in total. The van der Waals surface area contributed by atoms with E-state index in [9.17, 15) is 4.79 Å². The minimum Gasteiger partial charge on any atom is -0.378 e.